The van der Waals surface area contributed by atoms with Crippen molar-refractivity contribution in [3.05, 3.63) is 0 Å². The Morgan fingerprint density at radius 2 is 2.11 bits per heavy atom. The van der Waals surface area contributed by atoms with Crippen LogP contribution in [0.1, 0.15) is 32.6 Å². The second-order valence-corrected chi connectivity index (χ2v) is 6.20. The van der Waals surface area contributed by atoms with E-state index in [0.717, 1.165) is 25.6 Å². The van der Waals surface area contributed by atoms with Crippen LogP contribution in [0.2, 0.25) is 0 Å². The zero-order valence-corrected chi connectivity index (χ0v) is 11.6. The first-order valence-corrected chi connectivity index (χ1v) is 7.57. The Hall–Kier alpha value is -0.160. The molecule has 2 N–H and O–H groups in total. The fourth-order valence-corrected chi connectivity index (χ4v) is 4.19. The molecule has 3 unspecified atom stereocenters. The topological polar surface area (TPSA) is 41.7 Å². The summed E-state index contributed by atoms with van der Waals surface area (Å²) < 4.78 is 5.83. The van der Waals surface area contributed by atoms with Crippen molar-refractivity contribution in [3.8, 4) is 0 Å². The van der Waals surface area contributed by atoms with Gasteiger partial charge in [-0.05, 0) is 45.7 Å². The van der Waals surface area contributed by atoms with Gasteiger partial charge in [0.15, 0.2) is 0 Å². The average molecular weight is 253 g/mol. The monoisotopic (exact) mass is 253 g/mol. The molecule has 0 aromatic heterocycles. The summed E-state index contributed by atoms with van der Waals surface area (Å²) in [5.41, 5.74) is 6.25. The number of fused-ring (bicyclic) bond motifs is 1. The van der Waals surface area contributed by atoms with Gasteiger partial charge >= 0.3 is 0 Å². The zero-order chi connectivity index (χ0) is 12.6. The summed E-state index contributed by atoms with van der Waals surface area (Å²) in [6.07, 6.45) is 5.42. The van der Waals surface area contributed by atoms with Crippen molar-refractivity contribution in [3.63, 3.8) is 0 Å². The van der Waals surface area contributed by atoms with Gasteiger partial charge in [-0.15, -0.1) is 0 Å². The first-order chi connectivity index (χ1) is 8.76. The van der Waals surface area contributed by atoms with Crippen LogP contribution in [0.5, 0.6) is 0 Å². The zero-order valence-electron chi connectivity index (χ0n) is 11.6. The predicted octanol–water partition coefficient (Wildman–Crippen LogP) is 0.663. The fourth-order valence-electron chi connectivity index (χ4n) is 4.19. The van der Waals surface area contributed by atoms with E-state index in [1.165, 1.54) is 45.4 Å². The summed E-state index contributed by atoms with van der Waals surface area (Å²) in [5, 5.41) is 0. The lowest BCUT2D eigenvalue weighted by Crippen LogP contribution is -2.59. The highest BCUT2D eigenvalue weighted by Crippen LogP contribution is 2.34. The molecular weight excluding hydrogens is 226 g/mol. The van der Waals surface area contributed by atoms with Crippen LogP contribution in [0.25, 0.3) is 0 Å². The lowest BCUT2D eigenvalue weighted by Gasteiger charge is -2.43. The van der Waals surface area contributed by atoms with Crippen LogP contribution in [0.3, 0.4) is 0 Å². The summed E-state index contributed by atoms with van der Waals surface area (Å²) in [7, 11) is 0. The fraction of sp³-hybridized carbons (Fsp3) is 1.00. The molecule has 3 aliphatic rings. The number of hydrogen-bond donors (Lipinski definition) is 1. The molecule has 3 fully saturated rings. The van der Waals surface area contributed by atoms with Gasteiger partial charge in [0.2, 0.25) is 0 Å². The molecule has 0 radical (unpaired) electrons. The molecular formula is C14H27N3O. The normalized spacial score (nSPS) is 43.0. The molecule has 3 atom stereocenters. The molecule has 4 nitrogen and oxygen atoms in total. The van der Waals surface area contributed by atoms with Crippen molar-refractivity contribution >= 4 is 0 Å². The number of hydrogen-bond acceptors (Lipinski definition) is 4. The lowest BCUT2D eigenvalue weighted by atomic mass is 9.89. The van der Waals surface area contributed by atoms with Crippen molar-refractivity contribution in [2.45, 2.75) is 50.3 Å². The average Bonchev–Trinajstić information content (AvgIpc) is 2.91. The van der Waals surface area contributed by atoms with E-state index in [4.69, 9.17) is 10.5 Å². The highest BCUT2D eigenvalue weighted by atomic mass is 16.5. The molecule has 0 bridgehead atoms. The van der Waals surface area contributed by atoms with Crippen molar-refractivity contribution in [1.29, 1.82) is 0 Å². The third kappa shape index (κ3) is 1.99. The second-order valence-electron chi connectivity index (χ2n) is 6.20. The maximum absolute atomic E-state index is 6.14. The molecule has 0 saturated carbocycles. The minimum atomic E-state index is 0.110. The smallest absolute Gasteiger partial charge is 0.0743 e. The minimum absolute atomic E-state index is 0.110. The van der Waals surface area contributed by atoms with E-state index in [9.17, 15) is 0 Å². The molecule has 0 aromatic rings. The van der Waals surface area contributed by atoms with Gasteiger partial charge in [-0.1, -0.05) is 0 Å². The van der Waals surface area contributed by atoms with Crippen molar-refractivity contribution in [1.82, 2.24) is 9.80 Å². The van der Waals surface area contributed by atoms with Crippen LogP contribution >= 0.6 is 0 Å². The third-order valence-corrected chi connectivity index (χ3v) is 5.45. The van der Waals surface area contributed by atoms with E-state index in [1.54, 1.807) is 0 Å². The standard InChI is InChI=1S/C14H27N3O/c1-12-14(11-15,5-9-18-12)17-8-3-7-16-6-2-4-13(16)10-17/h12-13H,2-11,15H2,1H3. The first kappa shape index (κ1) is 12.9. The first-order valence-electron chi connectivity index (χ1n) is 7.57. The molecule has 3 saturated heterocycles. The minimum Gasteiger partial charge on any atom is -0.376 e. The highest BCUT2D eigenvalue weighted by molar-refractivity contribution is 5.02. The maximum Gasteiger partial charge on any atom is 0.0743 e. The molecule has 0 aliphatic carbocycles. The van der Waals surface area contributed by atoms with Gasteiger partial charge in [-0.2, -0.15) is 0 Å². The Labute approximate surface area is 110 Å². The van der Waals surface area contributed by atoms with Gasteiger partial charge < -0.3 is 10.5 Å². The third-order valence-electron chi connectivity index (χ3n) is 5.45. The van der Waals surface area contributed by atoms with Crippen LogP contribution in [0, 0.1) is 0 Å². The van der Waals surface area contributed by atoms with Crippen LogP contribution in [-0.4, -0.2) is 66.8 Å². The van der Waals surface area contributed by atoms with Crippen molar-refractivity contribution in [2.75, 3.05) is 39.3 Å². The molecule has 0 aromatic carbocycles. The molecule has 3 rings (SSSR count). The summed E-state index contributed by atoms with van der Waals surface area (Å²) >= 11 is 0. The lowest BCUT2D eigenvalue weighted by molar-refractivity contribution is 0.0112. The number of nitrogens with zero attached hydrogens (tertiary/aromatic N) is 2. The van der Waals surface area contributed by atoms with Gasteiger partial charge in [0, 0.05) is 32.3 Å². The Morgan fingerprint density at radius 1 is 1.28 bits per heavy atom. The van der Waals surface area contributed by atoms with E-state index < -0.39 is 0 Å². The van der Waals surface area contributed by atoms with Gasteiger partial charge in [0.25, 0.3) is 0 Å². The van der Waals surface area contributed by atoms with Crippen molar-refractivity contribution < 1.29 is 4.74 Å². The SMILES string of the molecule is CC1OCCC1(CN)N1CCCN2CCCC2C1. The summed E-state index contributed by atoms with van der Waals surface area (Å²) in [6.45, 7) is 8.79. The van der Waals surface area contributed by atoms with Crippen molar-refractivity contribution in [2.24, 2.45) is 5.73 Å². The van der Waals surface area contributed by atoms with Gasteiger partial charge in [-0.3, -0.25) is 9.80 Å². The highest BCUT2D eigenvalue weighted by Gasteiger charge is 2.46. The molecule has 104 valence electrons. The van der Waals surface area contributed by atoms with E-state index in [-0.39, 0.29) is 11.6 Å². The van der Waals surface area contributed by atoms with Gasteiger partial charge in [-0.25, -0.2) is 0 Å². The quantitative estimate of drug-likeness (QED) is 0.785. The van der Waals surface area contributed by atoms with Crippen LogP contribution in [-0.2, 0) is 4.74 Å². The summed E-state index contributed by atoms with van der Waals surface area (Å²) in [4.78, 5) is 5.35. The van der Waals surface area contributed by atoms with E-state index in [2.05, 4.69) is 16.7 Å². The Balaban J connectivity index is 1.77. The van der Waals surface area contributed by atoms with E-state index in [1.807, 2.05) is 0 Å². The summed E-state index contributed by atoms with van der Waals surface area (Å²) in [5.74, 6) is 0. The predicted molar refractivity (Wildman–Crippen MR) is 72.6 cm³/mol. The number of rotatable bonds is 2. The molecule has 18 heavy (non-hydrogen) atoms. The Bertz CT molecular complexity index is 299. The molecule has 0 amide bonds. The number of ether oxygens (including phenoxy) is 1. The van der Waals surface area contributed by atoms with Crippen LogP contribution in [0.15, 0.2) is 0 Å². The van der Waals surface area contributed by atoms with Gasteiger partial charge in [0.05, 0.1) is 11.6 Å². The Kier molecular flexibility index (Phi) is 3.63. The van der Waals surface area contributed by atoms with E-state index in [0.29, 0.717) is 0 Å². The van der Waals surface area contributed by atoms with E-state index >= 15 is 0 Å². The molecule has 4 heteroatoms. The van der Waals surface area contributed by atoms with Gasteiger partial charge in [0.1, 0.15) is 0 Å². The Morgan fingerprint density at radius 3 is 2.83 bits per heavy atom. The largest absolute Gasteiger partial charge is 0.376 e. The number of nitrogens with two attached hydrogens (primary N) is 1. The molecule has 3 heterocycles. The summed E-state index contributed by atoms with van der Waals surface area (Å²) in [6, 6.07) is 0.767. The second kappa shape index (κ2) is 5.08. The maximum atomic E-state index is 6.14. The molecule has 3 aliphatic heterocycles. The van der Waals surface area contributed by atoms with Crippen LogP contribution in [0.4, 0.5) is 0 Å². The molecule has 0 spiro atoms. The van der Waals surface area contributed by atoms with Crippen LogP contribution < -0.4 is 5.73 Å².